The van der Waals surface area contributed by atoms with Gasteiger partial charge in [0.25, 0.3) is 0 Å². The molecule has 0 unspecified atom stereocenters. The molecule has 0 spiro atoms. The number of hydrogen-bond acceptors (Lipinski definition) is 3. The average Bonchev–Trinajstić information content (AvgIpc) is 2.63. The highest BCUT2D eigenvalue weighted by atomic mass is 16.5. The van der Waals surface area contributed by atoms with Crippen molar-refractivity contribution in [2.45, 2.75) is 13.3 Å². The Labute approximate surface area is 146 Å². The summed E-state index contributed by atoms with van der Waals surface area (Å²) in [5.41, 5.74) is 2.62. The van der Waals surface area contributed by atoms with Gasteiger partial charge < -0.3 is 10.1 Å². The molecule has 0 bridgehead atoms. The highest BCUT2D eigenvalue weighted by Gasteiger charge is 2.16. The lowest BCUT2D eigenvalue weighted by atomic mass is 10.0. The topological polar surface area (TPSA) is 55.4 Å². The predicted octanol–water partition coefficient (Wildman–Crippen LogP) is 4.12. The Morgan fingerprint density at radius 1 is 0.960 bits per heavy atom. The van der Waals surface area contributed by atoms with E-state index in [-0.39, 0.29) is 12.3 Å². The minimum atomic E-state index is -0.468. The van der Waals surface area contributed by atoms with E-state index in [0.29, 0.717) is 11.3 Å². The van der Waals surface area contributed by atoms with Crippen LogP contribution < -0.4 is 5.32 Å². The van der Waals surface area contributed by atoms with Gasteiger partial charge in [0.2, 0.25) is 5.91 Å². The summed E-state index contributed by atoms with van der Waals surface area (Å²) in [7, 11) is 1.33. The van der Waals surface area contributed by atoms with Gasteiger partial charge in [-0.2, -0.15) is 0 Å². The molecule has 4 nitrogen and oxygen atoms in total. The molecule has 0 aliphatic heterocycles. The number of carbonyl (C=O) groups excluding carboxylic acids is 2. The first-order valence-electron chi connectivity index (χ1n) is 8.04. The van der Waals surface area contributed by atoms with Crippen LogP contribution in [0.4, 0.5) is 5.69 Å². The van der Waals surface area contributed by atoms with E-state index in [2.05, 4.69) is 5.32 Å². The van der Waals surface area contributed by atoms with Crippen LogP contribution in [0.5, 0.6) is 0 Å². The first kappa shape index (κ1) is 16.7. The van der Waals surface area contributed by atoms with Crippen molar-refractivity contribution in [2.24, 2.45) is 0 Å². The number of fused-ring (bicyclic) bond motifs is 1. The Hall–Kier alpha value is -3.14. The van der Waals surface area contributed by atoms with Crippen molar-refractivity contribution in [1.29, 1.82) is 0 Å². The second kappa shape index (κ2) is 7.18. The average molecular weight is 333 g/mol. The third-order valence-electron chi connectivity index (χ3n) is 4.17. The molecular formula is C21H19NO3. The number of methoxy groups -OCH3 is 1. The fraction of sp³-hybridized carbons (Fsp3) is 0.143. The zero-order valence-electron chi connectivity index (χ0n) is 14.2. The fourth-order valence-corrected chi connectivity index (χ4v) is 2.92. The molecule has 4 heteroatoms. The van der Waals surface area contributed by atoms with Crippen LogP contribution in [-0.4, -0.2) is 19.0 Å². The van der Waals surface area contributed by atoms with Gasteiger partial charge in [0.1, 0.15) is 0 Å². The van der Waals surface area contributed by atoms with Gasteiger partial charge in [-0.3, -0.25) is 4.79 Å². The van der Waals surface area contributed by atoms with Crippen LogP contribution >= 0.6 is 0 Å². The second-order valence-electron chi connectivity index (χ2n) is 5.85. The molecule has 3 aromatic carbocycles. The van der Waals surface area contributed by atoms with Gasteiger partial charge in [-0.1, -0.05) is 54.6 Å². The Bertz CT molecular complexity index is 942. The van der Waals surface area contributed by atoms with Crippen LogP contribution in [0, 0.1) is 6.92 Å². The van der Waals surface area contributed by atoms with Crippen molar-refractivity contribution in [3.63, 3.8) is 0 Å². The number of rotatable bonds is 4. The maximum atomic E-state index is 12.6. The molecule has 0 aliphatic rings. The molecule has 0 saturated carbocycles. The van der Waals surface area contributed by atoms with Crippen LogP contribution in [-0.2, 0) is 16.0 Å². The number of amides is 1. The quantitative estimate of drug-likeness (QED) is 0.731. The number of para-hydroxylation sites is 1. The maximum Gasteiger partial charge on any atom is 0.339 e. The third-order valence-corrected chi connectivity index (χ3v) is 4.17. The van der Waals surface area contributed by atoms with E-state index in [4.69, 9.17) is 4.74 Å². The number of nitrogens with one attached hydrogen (secondary N) is 1. The Balaban J connectivity index is 1.87. The molecule has 0 aromatic heterocycles. The molecule has 0 radical (unpaired) electrons. The number of aryl methyl sites for hydroxylation is 1. The van der Waals surface area contributed by atoms with Crippen molar-refractivity contribution in [1.82, 2.24) is 0 Å². The fourth-order valence-electron chi connectivity index (χ4n) is 2.92. The van der Waals surface area contributed by atoms with E-state index in [1.807, 2.05) is 55.5 Å². The van der Waals surface area contributed by atoms with Gasteiger partial charge in [-0.25, -0.2) is 4.79 Å². The summed E-state index contributed by atoms with van der Waals surface area (Å²) in [5.74, 6) is -0.639. The Kier molecular flexibility index (Phi) is 4.80. The van der Waals surface area contributed by atoms with E-state index in [0.717, 1.165) is 21.9 Å². The van der Waals surface area contributed by atoms with Crippen molar-refractivity contribution >= 4 is 28.3 Å². The molecule has 0 fully saturated rings. The summed E-state index contributed by atoms with van der Waals surface area (Å²) in [6.45, 7) is 1.85. The normalized spacial score (nSPS) is 10.5. The number of anilines is 1. The molecule has 1 amide bonds. The van der Waals surface area contributed by atoms with E-state index in [1.165, 1.54) is 7.11 Å². The molecule has 3 aromatic rings. The van der Waals surface area contributed by atoms with Gasteiger partial charge in [-0.15, -0.1) is 0 Å². The van der Waals surface area contributed by atoms with Gasteiger partial charge in [0.05, 0.1) is 24.8 Å². The van der Waals surface area contributed by atoms with Crippen LogP contribution in [0.2, 0.25) is 0 Å². The third kappa shape index (κ3) is 3.53. The molecule has 0 heterocycles. The SMILES string of the molecule is COC(=O)c1cccc(C)c1NC(=O)Cc1cccc2ccccc12. The summed E-state index contributed by atoms with van der Waals surface area (Å²) >= 11 is 0. The van der Waals surface area contributed by atoms with Crippen LogP contribution in [0.3, 0.4) is 0 Å². The molecule has 25 heavy (non-hydrogen) atoms. The van der Waals surface area contributed by atoms with E-state index in [1.54, 1.807) is 12.1 Å². The minimum absolute atomic E-state index is 0.171. The molecular weight excluding hydrogens is 314 g/mol. The monoisotopic (exact) mass is 333 g/mol. The first-order chi connectivity index (χ1) is 12.1. The van der Waals surface area contributed by atoms with Crippen LogP contribution in [0.1, 0.15) is 21.5 Å². The zero-order valence-corrected chi connectivity index (χ0v) is 14.2. The molecule has 126 valence electrons. The lowest BCUT2D eigenvalue weighted by molar-refractivity contribution is -0.115. The summed E-state index contributed by atoms with van der Waals surface area (Å²) in [4.78, 5) is 24.5. The number of hydrogen-bond donors (Lipinski definition) is 1. The molecule has 0 aliphatic carbocycles. The van der Waals surface area contributed by atoms with Gasteiger partial charge in [0.15, 0.2) is 0 Å². The molecule has 0 saturated heterocycles. The second-order valence-corrected chi connectivity index (χ2v) is 5.85. The maximum absolute atomic E-state index is 12.6. The summed E-state index contributed by atoms with van der Waals surface area (Å²) in [6.07, 6.45) is 0.232. The van der Waals surface area contributed by atoms with Gasteiger partial charge >= 0.3 is 5.97 Å². The molecule has 3 rings (SSSR count). The summed E-state index contributed by atoms with van der Waals surface area (Å²) in [6, 6.07) is 19.1. The first-order valence-corrected chi connectivity index (χ1v) is 8.04. The zero-order chi connectivity index (χ0) is 17.8. The number of carbonyl (C=O) groups is 2. The van der Waals surface area contributed by atoms with Crippen molar-refractivity contribution in [3.05, 3.63) is 77.4 Å². The minimum Gasteiger partial charge on any atom is -0.465 e. The lowest BCUT2D eigenvalue weighted by Crippen LogP contribution is -2.18. The van der Waals surface area contributed by atoms with Crippen molar-refractivity contribution in [2.75, 3.05) is 12.4 Å². The van der Waals surface area contributed by atoms with E-state index >= 15 is 0 Å². The summed E-state index contributed by atoms with van der Waals surface area (Å²) < 4.78 is 4.80. The van der Waals surface area contributed by atoms with E-state index < -0.39 is 5.97 Å². The highest BCUT2D eigenvalue weighted by Crippen LogP contribution is 2.23. The number of esters is 1. The highest BCUT2D eigenvalue weighted by molar-refractivity contribution is 6.03. The van der Waals surface area contributed by atoms with Crippen molar-refractivity contribution < 1.29 is 14.3 Å². The van der Waals surface area contributed by atoms with Crippen molar-refractivity contribution in [3.8, 4) is 0 Å². The summed E-state index contributed by atoms with van der Waals surface area (Å²) in [5, 5.41) is 5.02. The van der Waals surface area contributed by atoms with Crippen LogP contribution in [0.25, 0.3) is 10.8 Å². The number of benzene rings is 3. The largest absolute Gasteiger partial charge is 0.465 e. The predicted molar refractivity (Wildman–Crippen MR) is 98.8 cm³/mol. The molecule has 1 N–H and O–H groups in total. The lowest BCUT2D eigenvalue weighted by Gasteiger charge is -2.13. The Morgan fingerprint density at radius 2 is 1.68 bits per heavy atom. The standard InChI is InChI=1S/C21H19NO3/c1-14-7-5-12-18(21(24)25-2)20(14)22-19(23)13-16-10-6-9-15-8-3-4-11-17(15)16/h3-12H,13H2,1-2H3,(H,22,23). The molecule has 0 atom stereocenters. The van der Waals surface area contributed by atoms with Gasteiger partial charge in [0, 0.05) is 0 Å². The Morgan fingerprint density at radius 3 is 2.48 bits per heavy atom. The van der Waals surface area contributed by atoms with Crippen LogP contribution in [0.15, 0.2) is 60.7 Å². The van der Waals surface area contributed by atoms with Gasteiger partial charge in [-0.05, 0) is 34.9 Å². The van der Waals surface area contributed by atoms with E-state index in [9.17, 15) is 9.59 Å². The smallest absolute Gasteiger partial charge is 0.339 e. The number of ether oxygens (including phenoxy) is 1.